The van der Waals surface area contributed by atoms with Crippen LogP contribution in [0.5, 0.6) is 0 Å². The van der Waals surface area contributed by atoms with Crippen LogP contribution in [-0.2, 0) is 0 Å². The SMILES string of the molecule is CCC1CCCCN1C(=O)NCC1CCN(c2ccccc2)C1. The number of nitrogens with zero attached hydrogens (tertiary/aromatic N) is 2. The molecular weight excluding hydrogens is 286 g/mol. The largest absolute Gasteiger partial charge is 0.371 e. The standard InChI is InChI=1S/C19H29N3O/c1-2-17-8-6-7-12-22(17)19(23)20-14-16-11-13-21(15-16)18-9-4-3-5-10-18/h3-5,9-10,16-17H,2,6-8,11-15H2,1H3,(H,20,23). The first-order chi connectivity index (χ1) is 11.3. The first-order valence-corrected chi connectivity index (χ1v) is 9.12. The zero-order chi connectivity index (χ0) is 16.1. The Morgan fingerprint density at radius 2 is 2.00 bits per heavy atom. The second kappa shape index (κ2) is 7.71. The van der Waals surface area contributed by atoms with E-state index in [1.165, 1.54) is 12.1 Å². The highest BCUT2D eigenvalue weighted by Crippen LogP contribution is 2.23. The summed E-state index contributed by atoms with van der Waals surface area (Å²) in [5.41, 5.74) is 1.29. The third kappa shape index (κ3) is 3.98. The van der Waals surface area contributed by atoms with E-state index in [0.29, 0.717) is 12.0 Å². The molecule has 2 aliphatic heterocycles. The van der Waals surface area contributed by atoms with Crippen LogP contribution in [0, 0.1) is 5.92 Å². The minimum absolute atomic E-state index is 0.148. The summed E-state index contributed by atoms with van der Waals surface area (Å²) in [5.74, 6) is 0.559. The van der Waals surface area contributed by atoms with Gasteiger partial charge in [0.2, 0.25) is 0 Å². The number of carbonyl (C=O) groups excluding carboxylic acids is 1. The molecule has 2 atom stereocenters. The first kappa shape index (κ1) is 16.2. The average molecular weight is 315 g/mol. The van der Waals surface area contributed by atoms with Crippen molar-refractivity contribution in [3.63, 3.8) is 0 Å². The molecule has 4 heteroatoms. The normalized spacial score (nSPS) is 24.7. The van der Waals surface area contributed by atoms with Crippen LogP contribution in [-0.4, -0.2) is 43.2 Å². The molecule has 0 radical (unpaired) electrons. The lowest BCUT2D eigenvalue weighted by atomic mass is 10.0. The third-order valence-corrected chi connectivity index (χ3v) is 5.31. The number of hydrogen-bond donors (Lipinski definition) is 1. The number of urea groups is 1. The Balaban J connectivity index is 1.46. The van der Waals surface area contributed by atoms with Crippen LogP contribution in [0.25, 0.3) is 0 Å². The molecule has 0 aliphatic carbocycles. The lowest BCUT2D eigenvalue weighted by molar-refractivity contribution is 0.148. The molecular formula is C19H29N3O. The van der Waals surface area contributed by atoms with Crippen molar-refractivity contribution in [2.24, 2.45) is 5.92 Å². The number of benzene rings is 1. The van der Waals surface area contributed by atoms with E-state index in [-0.39, 0.29) is 6.03 Å². The maximum absolute atomic E-state index is 12.5. The number of carbonyl (C=O) groups is 1. The monoisotopic (exact) mass is 315 g/mol. The summed E-state index contributed by atoms with van der Waals surface area (Å²) < 4.78 is 0. The summed E-state index contributed by atoms with van der Waals surface area (Å²) >= 11 is 0. The molecule has 0 bridgehead atoms. The Morgan fingerprint density at radius 1 is 1.17 bits per heavy atom. The molecule has 2 amide bonds. The summed E-state index contributed by atoms with van der Waals surface area (Å²) in [6.45, 7) is 6.04. The summed E-state index contributed by atoms with van der Waals surface area (Å²) in [6, 6.07) is 11.2. The summed E-state index contributed by atoms with van der Waals surface area (Å²) in [7, 11) is 0. The van der Waals surface area contributed by atoms with E-state index >= 15 is 0 Å². The number of amides is 2. The van der Waals surface area contributed by atoms with Gasteiger partial charge in [-0.25, -0.2) is 4.79 Å². The predicted molar refractivity (Wildman–Crippen MR) is 94.8 cm³/mol. The van der Waals surface area contributed by atoms with Crippen molar-refractivity contribution in [2.75, 3.05) is 31.1 Å². The highest BCUT2D eigenvalue weighted by Gasteiger charge is 2.27. The Bertz CT molecular complexity index is 505. The van der Waals surface area contributed by atoms with Crippen LogP contribution >= 0.6 is 0 Å². The van der Waals surface area contributed by atoms with E-state index in [2.05, 4.69) is 52.4 Å². The maximum atomic E-state index is 12.5. The second-order valence-electron chi connectivity index (χ2n) is 6.87. The molecule has 126 valence electrons. The van der Waals surface area contributed by atoms with Gasteiger partial charge in [0.25, 0.3) is 0 Å². The Kier molecular flexibility index (Phi) is 5.42. The zero-order valence-corrected chi connectivity index (χ0v) is 14.2. The van der Waals surface area contributed by atoms with Gasteiger partial charge < -0.3 is 15.1 Å². The number of hydrogen-bond acceptors (Lipinski definition) is 2. The Hall–Kier alpha value is -1.71. The molecule has 3 rings (SSSR count). The minimum atomic E-state index is 0.148. The highest BCUT2D eigenvalue weighted by atomic mass is 16.2. The van der Waals surface area contributed by atoms with Crippen molar-refractivity contribution in [2.45, 2.75) is 45.1 Å². The average Bonchev–Trinajstić information content (AvgIpc) is 3.09. The van der Waals surface area contributed by atoms with Crippen molar-refractivity contribution in [3.05, 3.63) is 30.3 Å². The quantitative estimate of drug-likeness (QED) is 0.923. The van der Waals surface area contributed by atoms with Crippen LogP contribution in [0.2, 0.25) is 0 Å². The van der Waals surface area contributed by atoms with Crippen molar-refractivity contribution in [1.29, 1.82) is 0 Å². The number of nitrogens with one attached hydrogen (secondary N) is 1. The maximum Gasteiger partial charge on any atom is 0.317 e. The van der Waals surface area contributed by atoms with Crippen molar-refractivity contribution in [3.8, 4) is 0 Å². The second-order valence-corrected chi connectivity index (χ2v) is 6.87. The number of para-hydroxylation sites is 1. The van der Waals surface area contributed by atoms with Crippen LogP contribution in [0.1, 0.15) is 39.0 Å². The number of piperidine rings is 1. The summed E-state index contributed by atoms with van der Waals surface area (Å²) in [6.07, 6.45) is 5.80. The van der Waals surface area contributed by atoms with Gasteiger partial charge in [0.15, 0.2) is 0 Å². The predicted octanol–water partition coefficient (Wildman–Crippen LogP) is 3.49. The topological polar surface area (TPSA) is 35.6 Å². The smallest absolute Gasteiger partial charge is 0.317 e. The highest BCUT2D eigenvalue weighted by molar-refractivity contribution is 5.74. The van der Waals surface area contributed by atoms with Gasteiger partial charge in [-0.3, -0.25) is 0 Å². The van der Waals surface area contributed by atoms with E-state index < -0.39 is 0 Å². The van der Waals surface area contributed by atoms with E-state index in [9.17, 15) is 4.79 Å². The molecule has 4 nitrogen and oxygen atoms in total. The Labute approximate surface area is 139 Å². The van der Waals surface area contributed by atoms with Crippen LogP contribution in [0.15, 0.2) is 30.3 Å². The first-order valence-electron chi connectivity index (χ1n) is 9.12. The Morgan fingerprint density at radius 3 is 2.78 bits per heavy atom. The van der Waals surface area contributed by atoms with Gasteiger partial charge in [-0.2, -0.15) is 0 Å². The molecule has 2 aliphatic rings. The molecule has 0 spiro atoms. The fourth-order valence-corrected chi connectivity index (χ4v) is 3.90. The van der Waals surface area contributed by atoms with Gasteiger partial charge in [-0.1, -0.05) is 25.1 Å². The van der Waals surface area contributed by atoms with Crippen LogP contribution < -0.4 is 10.2 Å². The van der Waals surface area contributed by atoms with E-state index in [0.717, 1.165) is 51.9 Å². The molecule has 0 aromatic heterocycles. The van der Waals surface area contributed by atoms with Gasteiger partial charge in [0, 0.05) is 37.9 Å². The number of anilines is 1. The van der Waals surface area contributed by atoms with Gasteiger partial charge in [0.05, 0.1) is 0 Å². The molecule has 1 N–H and O–H groups in total. The van der Waals surface area contributed by atoms with Crippen LogP contribution in [0.4, 0.5) is 10.5 Å². The van der Waals surface area contributed by atoms with E-state index in [1.807, 2.05) is 0 Å². The van der Waals surface area contributed by atoms with Gasteiger partial charge >= 0.3 is 6.03 Å². The molecule has 23 heavy (non-hydrogen) atoms. The molecule has 1 aromatic rings. The zero-order valence-electron chi connectivity index (χ0n) is 14.2. The fourth-order valence-electron chi connectivity index (χ4n) is 3.90. The van der Waals surface area contributed by atoms with Gasteiger partial charge in [-0.15, -0.1) is 0 Å². The lowest BCUT2D eigenvalue weighted by Crippen LogP contribution is -2.49. The van der Waals surface area contributed by atoms with E-state index in [4.69, 9.17) is 0 Å². The molecule has 0 saturated carbocycles. The van der Waals surface area contributed by atoms with Crippen molar-refractivity contribution in [1.82, 2.24) is 10.2 Å². The fraction of sp³-hybridized carbons (Fsp3) is 0.632. The number of rotatable bonds is 4. The van der Waals surface area contributed by atoms with Crippen LogP contribution in [0.3, 0.4) is 0 Å². The van der Waals surface area contributed by atoms with Gasteiger partial charge in [0.1, 0.15) is 0 Å². The summed E-state index contributed by atoms with van der Waals surface area (Å²) in [5, 5.41) is 3.19. The molecule has 1 aromatic carbocycles. The summed E-state index contributed by atoms with van der Waals surface area (Å²) in [4.78, 5) is 17.0. The van der Waals surface area contributed by atoms with E-state index in [1.54, 1.807) is 0 Å². The molecule has 2 unspecified atom stereocenters. The molecule has 2 saturated heterocycles. The minimum Gasteiger partial charge on any atom is -0.371 e. The van der Waals surface area contributed by atoms with Gasteiger partial charge in [-0.05, 0) is 50.2 Å². The third-order valence-electron chi connectivity index (χ3n) is 5.31. The number of likely N-dealkylation sites (tertiary alicyclic amines) is 1. The molecule has 2 fully saturated rings. The van der Waals surface area contributed by atoms with Crippen molar-refractivity contribution < 1.29 is 4.79 Å². The molecule has 2 heterocycles. The lowest BCUT2D eigenvalue weighted by Gasteiger charge is -2.35. The van der Waals surface area contributed by atoms with Crippen molar-refractivity contribution >= 4 is 11.7 Å².